The quantitative estimate of drug-likeness (QED) is 0.806. The van der Waals surface area contributed by atoms with Crippen LogP contribution in [-0.2, 0) is 9.84 Å². The maximum atomic E-state index is 12.0. The van der Waals surface area contributed by atoms with Crippen LogP contribution in [0.3, 0.4) is 0 Å². The van der Waals surface area contributed by atoms with Crippen molar-refractivity contribution in [1.29, 1.82) is 0 Å². The molecule has 1 aromatic rings. The Kier molecular flexibility index (Phi) is 4.58. The van der Waals surface area contributed by atoms with Gasteiger partial charge in [-0.2, -0.15) is 0 Å². The van der Waals surface area contributed by atoms with Gasteiger partial charge in [-0.25, -0.2) is 8.42 Å². The Balaban J connectivity index is 1.97. The molecule has 1 saturated heterocycles. The Morgan fingerprint density at radius 3 is 2.84 bits per heavy atom. The summed E-state index contributed by atoms with van der Waals surface area (Å²) in [5.41, 5.74) is 0.508. The monoisotopic (exact) mass is 363 g/mol. The summed E-state index contributed by atoms with van der Waals surface area (Å²) < 4.78 is 23.3. The largest absolute Gasteiger partial charge is 0.352 e. The van der Waals surface area contributed by atoms with Gasteiger partial charge < -0.3 is 5.32 Å². The van der Waals surface area contributed by atoms with Gasteiger partial charge in [-0.3, -0.25) is 4.79 Å². The van der Waals surface area contributed by atoms with E-state index in [9.17, 15) is 13.2 Å². The van der Waals surface area contributed by atoms with Crippen molar-refractivity contribution in [2.24, 2.45) is 5.92 Å². The second-order valence-corrected chi connectivity index (χ2v) is 8.24. The molecule has 0 radical (unpaired) electrons. The molecule has 104 valence electrons. The second-order valence-electron chi connectivity index (χ2n) is 4.64. The SMILES string of the molecule is O=C(NCC1CCS(=O)(=O)C1)c1cc(S)ccc1Br. The molecule has 0 aromatic heterocycles. The molecule has 4 nitrogen and oxygen atoms in total. The fraction of sp³-hybridized carbons (Fsp3) is 0.417. The number of hydrogen-bond donors (Lipinski definition) is 2. The van der Waals surface area contributed by atoms with Crippen LogP contribution >= 0.6 is 28.6 Å². The average molecular weight is 364 g/mol. The zero-order chi connectivity index (χ0) is 14.0. The van der Waals surface area contributed by atoms with Crippen molar-refractivity contribution in [3.8, 4) is 0 Å². The highest BCUT2D eigenvalue weighted by Crippen LogP contribution is 2.21. The van der Waals surface area contributed by atoms with Crippen LogP contribution in [0.15, 0.2) is 27.6 Å². The summed E-state index contributed by atoms with van der Waals surface area (Å²) >= 11 is 7.51. The highest BCUT2D eigenvalue weighted by Gasteiger charge is 2.28. The van der Waals surface area contributed by atoms with E-state index in [4.69, 9.17) is 0 Å². The first kappa shape index (κ1) is 14.9. The van der Waals surface area contributed by atoms with Gasteiger partial charge in [0.1, 0.15) is 0 Å². The predicted octanol–water partition coefficient (Wildman–Crippen LogP) is 1.90. The van der Waals surface area contributed by atoms with E-state index < -0.39 is 9.84 Å². The van der Waals surface area contributed by atoms with Crippen LogP contribution in [-0.4, -0.2) is 32.4 Å². The molecule has 1 unspecified atom stereocenters. The first-order valence-electron chi connectivity index (χ1n) is 5.84. The number of carbonyl (C=O) groups excluding carboxylic acids is 1. The van der Waals surface area contributed by atoms with Gasteiger partial charge in [0.25, 0.3) is 5.91 Å². The third-order valence-corrected chi connectivity index (χ3v) is 5.88. The summed E-state index contributed by atoms with van der Waals surface area (Å²) in [6.45, 7) is 0.390. The third kappa shape index (κ3) is 3.97. The van der Waals surface area contributed by atoms with Gasteiger partial charge >= 0.3 is 0 Å². The van der Waals surface area contributed by atoms with Gasteiger partial charge in [0.05, 0.1) is 17.1 Å². The van der Waals surface area contributed by atoms with Crippen molar-refractivity contribution in [1.82, 2.24) is 5.32 Å². The minimum atomic E-state index is -2.90. The molecule has 1 aromatic carbocycles. The van der Waals surface area contributed by atoms with Crippen molar-refractivity contribution in [2.45, 2.75) is 11.3 Å². The van der Waals surface area contributed by atoms with Crippen molar-refractivity contribution in [2.75, 3.05) is 18.1 Å². The highest BCUT2D eigenvalue weighted by atomic mass is 79.9. The molecule has 19 heavy (non-hydrogen) atoms. The molecule has 1 aliphatic heterocycles. The Morgan fingerprint density at radius 2 is 2.21 bits per heavy atom. The molecule has 0 spiro atoms. The summed E-state index contributed by atoms with van der Waals surface area (Å²) in [5, 5.41) is 2.78. The third-order valence-electron chi connectivity index (χ3n) is 3.07. The standard InChI is InChI=1S/C12H14BrNO3S2/c13-11-2-1-9(18)5-10(11)12(15)14-6-8-3-4-19(16,17)7-8/h1-2,5,8,18H,3-4,6-7H2,(H,14,15). The van der Waals surface area contributed by atoms with E-state index in [1.54, 1.807) is 18.2 Å². The highest BCUT2D eigenvalue weighted by molar-refractivity contribution is 9.10. The van der Waals surface area contributed by atoms with Gasteiger partial charge in [0.15, 0.2) is 9.84 Å². The summed E-state index contributed by atoms with van der Waals surface area (Å²) in [5.74, 6) is 0.198. The Labute approximate surface area is 126 Å². The van der Waals surface area contributed by atoms with E-state index in [2.05, 4.69) is 33.9 Å². The van der Waals surface area contributed by atoms with Crippen molar-refractivity contribution in [3.63, 3.8) is 0 Å². The van der Waals surface area contributed by atoms with E-state index >= 15 is 0 Å². The molecule has 1 aliphatic rings. The van der Waals surface area contributed by atoms with Crippen LogP contribution in [0.1, 0.15) is 16.8 Å². The first-order chi connectivity index (χ1) is 8.87. The lowest BCUT2D eigenvalue weighted by atomic mass is 10.1. The molecule has 1 amide bonds. The topological polar surface area (TPSA) is 63.2 Å². The number of hydrogen-bond acceptors (Lipinski definition) is 4. The van der Waals surface area contributed by atoms with Gasteiger partial charge in [-0.15, -0.1) is 12.6 Å². The lowest BCUT2D eigenvalue weighted by Gasteiger charge is -2.11. The Bertz CT molecular complexity index is 601. The number of halogens is 1. The van der Waals surface area contributed by atoms with Gasteiger partial charge in [0.2, 0.25) is 0 Å². The van der Waals surface area contributed by atoms with Crippen LogP contribution in [0, 0.1) is 5.92 Å². The van der Waals surface area contributed by atoms with E-state index in [-0.39, 0.29) is 23.3 Å². The molecule has 1 N–H and O–H groups in total. The zero-order valence-corrected chi connectivity index (χ0v) is 13.4. The van der Waals surface area contributed by atoms with Gasteiger partial charge in [0, 0.05) is 15.9 Å². The van der Waals surface area contributed by atoms with Gasteiger partial charge in [-0.1, -0.05) is 0 Å². The van der Waals surface area contributed by atoms with E-state index in [1.165, 1.54) is 0 Å². The maximum Gasteiger partial charge on any atom is 0.252 e. The predicted molar refractivity (Wildman–Crippen MR) is 80.5 cm³/mol. The van der Waals surface area contributed by atoms with Crippen molar-refractivity contribution < 1.29 is 13.2 Å². The number of nitrogens with one attached hydrogen (secondary N) is 1. The van der Waals surface area contributed by atoms with Crippen LogP contribution < -0.4 is 5.32 Å². The molecule has 1 atom stereocenters. The van der Waals surface area contributed by atoms with E-state index in [0.29, 0.717) is 27.9 Å². The Hall–Kier alpha value is -0.530. The summed E-state index contributed by atoms with van der Waals surface area (Å²) in [7, 11) is -2.90. The summed E-state index contributed by atoms with van der Waals surface area (Å²) in [6, 6.07) is 5.22. The number of sulfone groups is 1. The number of thiol groups is 1. The molecule has 1 heterocycles. The lowest BCUT2D eigenvalue weighted by molar-refractivity contribution is 0.0947. The minimum Gasteiger partial charge on any atom is -0.352 e. The van der Waals surface area contributed by atoms with E-state index in [1.807, 2.05) is 0 Å². The smallest absolute Gasteiger partial charge is 0.252 e. The number of benzene rings is 1. The molecule has 0 saturated carbocycles. The van der Waals surface area contributed by atoms with Crippen molar-refractivity contribution in [3.05, 3.63) is 28.2 Å². The lowest BCUT2D eigenvalue weighted by Crippen LogP contribution is -2.30. The number of rotatable bonds is 3. The first-order valence-corrected chi connectivity index (χ1v) is 8.91. The second kappa shape index (κ2) is 5.85. The number of amides is 1. The fourth-order valence-electron chi connectivity index (χ4n) is 2.05. The molecular formula is C12H14BrNO3S2. The molecule has 0 aliphatic carbocycles. The van der Waals surface area contributed by atoms with Crippen LogP contribution in [0.2, 0.25) is 0 Å². The van der Waals surface area contributed by atoms with Gasteiger partial charge in [-0.05, 0) is 46.5 Å². The molecular weight excluding hydrogens is 350 g/mol. The maximum absolute atomic E-state index is 12.0. The minimum absolute atomic E-state index is 0.0203. The fourth-order valence-corrected chi connectivity index (χ4v) is 4.54. The average Bonchev–Trinajstić information content (AvgIpc) is 2.69. The zero-order valence-electron chi connectivity index (χ0n) is 10.1. The summed E-state index contributed by atoms with van der Waals surface area (Å²) in [4.78, 5) is 12.7. The molecule has 1 fully saturated rings. The molecule has 2 rings (SSSR count). The Morgan fingerprint density at radius 1 is 1.47 bits per heavy atom. The van der Waals surface area contributed by atoms with Crippen LogP contribution in [0.25, 0.3) is 0 Å². The molecule has 0 bridgehead atoms. The normalized spacial score (nSPS) is 21.3. The number of carbonyl (C=O) groups is 1. The molecule has 7 heteroatoms. The van der Waals surface area contributed by atoms with Crippen LogP contribution in [0.5, 0.6) is 0 Å². The van der Waals surface area contributed by atoms with E-state index in [0.717, 1.165) is 0 Å². The van der Waals surface area contributed by atoms with Crippen molar-refractivity contribution >= 4 is 44.3 Å². The summed E-state index contributed by atoms with van der Waals surface area (Å²) in [6.07, 6.45) is 0.621. The van der Waals surface area contributed by atoms with Crippen LogP contribution in [0.4, 0.5) is 0 Å².